The molecule has 2 aromatic carbocycles. The highest BCUT2D eigenvalue weighted by Crippen LogP contribution is 2.18. The van der Waals surface area contributed by atoms with E-state index in [0.717, 1.165) is 23.8 Å². The Morgan fingerprint density at radius 3 is 2.33 bits per heavy atom. The van der Waals surface area contributed by atoms with Crippen LogP contribution in [0.3, 0.4) is 0 Å². The molecule has 30 heavy (non-hydrogen) atoms. The van der Waals surface area contributed by atoms with Crippen LogP contribution in [0.15, 0.2) is 77.4 Å². The molecule has 0 aromatic heterocycles. The molecule has 1 aliphatic rings. The van der Waals surface area contributed by atoms with E-state index in [-0.39, 0.29) is 0 Å². The van der Waals surface area contributed by atoms with Crippen LogP contribution < -0.4 is 10.6 Å². The summed E-state index contributed by atoms with van der Waals surface area (Å²) in [5.74, 6) is -3.32. The normalized spacial score (nSPS) is 15.1. The number of aliphatic imine (C=N–C) groups is 1. The SMILES string of the molecule is N#CC(N=C1C=CC(NC(=O)NC(=O)c2c(F)cccc2F)=CC1)c1ccccc1. The zero-order valence-corrected chi connectivity index (χ0v) is 15.6. The maximum absolute atomic E-state index is 13.6. The van der Waals surface area contributed by atoms with Gasteiger partial charge in [-0.25, -0.2) is 13.6 Å². The van der Waals surface area contributed by atoms with E-state index in [0.29, 0.717) is 17.8 Å². The summed E-state index contributed by atoms with van der Waals surface area (Å²) in [5, 5.41) is 13.6. The molecule has 0 spiro atoms. The molecule has 0 saturated carbocycles. The minimum atomic E-state index is -1.19. The third kappa shape index (κ3) is 5.02. The molecular weight excluding hydrogens is 390 g/mol. The summed E-state index contributed by atoms with van der Waals surface area (Å²) in [6, 6.07) is 12.6. The molecule has 8 heteroatoms. The molecule has 2 N–H and O–H groups in total. The van der Waals surface area contributed by atoms with Crippen LogP contribution in [-0.2, 0) is 0 Å². The number of benzene rings is 2. The van der Waals surface area contributed by atoms with Crippen molar-refractivity contribution >= 4 is 17.6 Å². The summed E-state index contributed by atoms with van der Waals surface area (Å²) in [6.45, 7) is 0. The van der Waals surface area contributed by atoms with Crippen LogP contribution in [-0.4, -0.2) is 17.6 Å². The lowest BCUT2D eigenvalue weighted by Gasteiger charge is -2.12. The summed E-state index contributed by atoms with van der Waals surface area (Å²) >= 11 is 0. The predicted molar refractivity (Wildman–Crippen MR) is 106 cm³/mol. The number of urea groups is 1. The van der Waals surface area contributed by atoms with Gasteiger partial charge in [-0.05, 0) is 29.8 Å². The zero-order valence-electron chi connectivity index (χ0n) is 15.6. The first-order valence-corrected chi connectivity index (χ1v) is 8.93. The second-order valence-electron chi connectivity index (χ2n) is 6.26. The number of nitriles is 1. The Morgan fingerprint density at radius 1 is 1.03 bits per heavy atom. The van der Waals surface area contributed by atoms with Crippen LogP contribution in [0.4, 0.5) is 13.6 Å². The van der Waals surface area contributed by atoms with Crippen molar-refractivity contribution < 1.29 is 18.4 Å². The summed E-state index contributed by atoms with van der Waals surface area (Å²) in [4.78, 5) is 28.3. The van der Waals surface area contributed by atoms with Gasteiger partial charge in [-0.1, -0.05) is 42.5 Å². The smallest absolute Gasteiger partial charge is 0.308 e. The number of carbonyl (C=O) groups is 2. The van der Waals surface area contributed by atoms with E-state index >= 15 is 0 Å². The number of nitrogens with one attached hydrogen (secondary N) is 2. The number of nitrogens with zero attached hydrogens (tertiary/aromatic N) is 2. The summed E-state index contributed by atoms with van der Waals surface area (Å²) < 4.78 is 27.2. The average Bonchev–Trinajstić information content (AvgIpc) is 2.73. The lowest BCUT2D eigenvalue weighted by atomic mass is 10.1. The highest BCUT2D eigenvalue weighted by Gasteiger charge is 2.19. The van der Waals surface area contributed by atoms with Crippen LogP contribution in [0.1, 0.15) is 28.4 Å². The van der Waals surface area contributed by atoms with Gasteiger partial charge in [0.05, 0.1) is 6.07 Å². The Kier molecular flexibility index (Phi) is 6.45. The number of halogens is 2. The third-order valence-electron chi connectivity index (χ3n) is 4.19. The molecule has 0 aliphatic heterocycles. The van der Waals surface area contributed by atoms with Crippen molar-refractivity contribution in [3.63, 3.8) is 0 Å². The van der Waals surface area contributed by atoms with Gasteiger partial charge in [0.2, 0.25) is 0 Å². The molecule has 3 rings (SSSR count). The van der Waals surface area contributed by atoms with Gasteiger partial charge in [0.1, 0.15) is 17.2 Å². The molecule has 3 amide bonds. The summed E-state index contributed by atoms with van der Waals surface area (Å²) in [5.41, 5.74) is 0.952. The van der Waals surface area contributed by atoms with E-state index in [2.05, 4.69) is 16.4 Å². The van der Waals surface area contributed by atoms with Crippen molar-refractivity contribution in [1.29, 1.82) is 5.26 Å². The number of amides is 3. The molecule has 0 bridgehead atoms. The van der Waals surface area contributed by atoms with Crippen LogP contribution >= 0.6 is 0 Å². The van der Waals surface area contributed by atoms with E-state index in [9.17, 15) is 23.6 Å². The maximum atomic E-state index is 13.6. The fourth-order valence-electron chi connectivity index (χ4n) is 2.75. The molecule has 6 nitrogen and oxygen atoms in total. The van der Waals surface area contributed by atoms with Gasteiger partial charge >= 0.3 is 6.03 Å². The highest BCUT2D eigenvalue weighted by molar-refractivity contribution is 6.05. The summed E-state index contributed by atoms with van der Waals surface area (Å²) in [7, 11) is 0. The summed E-state index contributed by atoms with van der Waals surface area (Å²) in [6.07, 6.45) is 5.19. The minimum absolute atomic E-state index is 0.354. The molecule has 0 heterocycles. The third-order valence-corrected chi connectivity index (χ3v) is 4.19. The Hall–Kier alpha value is -4.12. The Bertz CT molecular complexity index is 1080. The van der Waals surface area contributed by atoms with Crippen molar-refractivity contribution in [3.8, 4) is 6.07 Å². The lowest BCUT2D eigenvalue weighted by Crippen LogP contribution is -2.39. The monoisotopic (exact) mass is 406 g/mol. The van der Waals surface area contributed by atoms with E-state index < -0.39 is 35.2 Å². The second-order valence-corrected chi connectivity index (χ2v) is 6.26. The first kappa shape index (κ1) is 20.6. The molecule has 2 aromatic rings. The zero-order chi connectivity index (χ0) is 21.5. The van der Waals surface area contributed by atoms with Crippen molar-refractivity contribution in [1.82, 2.24) is 10.6 Å². The molecule has 150 valence electrons. The predicted octanol–water partition coefficient (Wildman–Crippen LogP) is 3.95. The van der Waals surface area contributed by atoms with E-state index in [4.69, 9.17) is 0 Å². The fourth-order valence-corrected chi connectivity index (χ4v) is 2.75. The molecule has 1 aliphatic carbocycles. The maximum Gasteiger partial charge on any atom is 0.326 e. The highest BCUT2D eigenvalue weighted by atomic mass is 19.1. The fraction of sp³-hybridized carbons (Fsp3) is 0.0909. The number of allylic oxidation sites excluding steroid dienone is 3. The van der Waals surface area contributed by atoms with Gasteiger partial charge in [0, 0.05) is 17.8 Å². The van der Waals surface area contributed by atoms with Crippen LogP contribution in [0, 0.1) is 23.0 Å². The van der Waals surface area contributed by atoms with Crippen molar-refractivity contribution in [2.75, 3.05) is 0 Å². The molecule has 0 fully saturated rings. The second kappa shape index (κ2) is 9.39. The standard InChI is InChI=1S/C22H16F2N4O2/c23-17-7-4-8-18(24)20(17)21(29)28-22(30)27-16-11-9-15(10-12-16)26-19(13-25)14-5-2-1-3-6-14/h1-9,11-12,19H,10H2,(H2,27,28,29,30). The van der Waals surface area contributed by atoms with Gasteiger partial charge < -0.3 is 5.32 Å². The van der Waals surface area contributed by atoms with E-state index in [1.165, 1.54) is 0 Å². The molecule has 0 radical (unpaired) electrons. The molecule has 0 saturated heterocycles. The first-order chi connectivity index (χ1) is 14.5. The van der Waals surface area contributed by atoms with E-state index in [1.807, 2.05) is 35.6 Å². The Labute approximate surface area is 171 Å². The Morgan fingerprint density at radius 2 is 1.73 bits per heavy atom. The van der Waals surface area contributed by atoms with Crippen molar-refractivity contribution in [2.45, 2.75) is 12.5 Å². The molecular formula is C22H16F2N4O2. The van der Waals surface area contributed by atoms with Gasteiger partial charge in [0.15, 0.2) is 6.04 Å². The largest absolute Gasteiger partial charge is 0.326 e. The lowest BCUT2D eigenvalue weighted by molar-refractivity contribution is 0.0956. The molecule has 1 unspecified atom stereocenters. The van der Waals surface area contributed by atoms with Gasteiger partial charge in [-0.3, -0.25) is 15.1 Å². The number of hydrogen-bond donors (Lipinski definition) is 2. The van der Waals surface area contributed by atoms with Crippen LogP contribution in [0.25, 0.3) is 0 Å². The topological polar surface area (TPSA) is 94.3 Å². The van der Waals surface area contributed by atoms with Gasteiger partial charge in [-0.15, -0.1) is 0 Å². The Balaban J connectivity index is 1.60. The molecule has 1 atom stereocenters. The number of hydrogen-bond acceptors (Lipinski definition) is 4. The van der Waals surface area contributed by atoms with Crippen LogP contribution in [0.5, 0.6) is 0 Å². The quantitative estimate of drug-likeness (QED) is 0.805. The minimum Gasteiger partial charge on any atom is -0.308 e. The first-order valence-electron chi connectivity index (χ1n) is 8.93. The van der Waals surface area contributed by atoms with E-state index in [1.54, 1.807) is 18.2 Å². The number of carbonyl (C=O) groups excluding carboxylic acids is 2. The number of imide groups is 1. The average molecular weight is 406 g/mol. The van der Waals surface area contributed by atoms with Crippen molar-refractivity contribution in [2.24, 2.45) is 4.99 Å². The number of rotatable bonds is 4. The van der Waals surface area contributed by atoms with Crippen molar-refractivity contribution in [3.05, 3.63) is 95.2 Å². The van der Waals surface area contributed by atoms with Crippen LogP contribution in [0.2, 0.25) is 0 Å². The van der Waals surface area contributed by atoms with Gasteiger partial charge in [0.25, 0.3) is 5.91 Å². The van der Waals surface area contributed by atoms with Gasteiger partial charge in [-0.2, -0.15) is 5.26 Å².